The number of nitrogens with zero attached hydrogens (tertiary/aromatic N) is 2. The van der Waals surface area contributed by atoms with Crippen molar-refractivity contribution in [3.63, 3.8) is 0 Å². The Labute approximate surface area is 201 Å². The monoisotopic (exact) mass is 480 g/mol. The molecule has 3 atom stereocenters. The van der Waals surface area contributed by atoms with E-state index < -0.39 is 23.1 Å². The van der Waals surface area contributed by atoms with Gasteiger partial charge in [0.2, 0.25) is 11.2 Å². The highest BCUT2D eigenvalue weighted by molar-refractivity contribution is 5.71. The Morgan fingerprint density at radius 2 is 2.00 bits per heavy atom. The topological polar surface area (TPSA) is 115 Å². The summed E-state index contributed by atoms with van der Waals surface area (Å²) in [6, 6.07) is 10.1. The first-order valence-electron chi connectivity index (χ1n) is 11.7. The fraction of sp³-hybridized carbons (Fsp3) is 0.423. The number of fused-ring (bicyclic) bond motifs is 4. The van der Waals surface area contributed by atoms with Crippen LogP contribution in [-0.2, 0) is 22.6 Å². The van der Waals surface area contributed by atoms with Crippen molar-refractivity contribution in [1.29, 1.82) is 0 Å². The van der Waals surface area contributed by atoms with Gasteiger partial charge in [-0.15, -0.1) is 0 Å². The van der Waals surface area contributed by atoms with Crippen molar-refractivity contribution in [1.82, 2.24) is 9.47 Å². The van der Waals surface area contributed by atoms with Crippen LogP contribution in [-0.4, -0.2) is 40.7 Å². The molecular weight excluding hydrogens is 452 g/mol. The van der Waals surface area contributed by atoms with Crippen molar-refractivity contribution in [2.75, 3.05) is 20.2 Å². The molecule has 2 aliphatic rings. The first-order valence-corrected chi connectivity index (χ1v) is 11.7. The van der Waals surface area contributed by atoms with Gasteiger partial charge in [-0.1, -0.05) is 6.07 Å². The molecule has 5 rings (SSSR count). The number of aromatic nitrogens is 1. The van der Waals surface area contributed by atoms with E-state index in [1.165, 1.54) is 13.2 Å². The van der Waals surface area contributed by atoms with E-state index in [2.05, 4.69) is 4.90 Å². The molecule has 1 N–H and O–H groups in total. The molecule has 0 aromatic carbocycles. The van der Waals surface area contributed by atoms with Crippen LogP contribution in [0, 0.1) is 12.8 Å². The SMILES string of the molecule is COC(=O)C[C@H](c1ccc(C)o1)c1oc(CN2C[C@@H]3C[C@H](C2)c2cccc(=O)n2C3)cc(=O)c1O. The van der Waals surface area contributed by atoms with Gasteiger partial charge in [-0.25, -0.2) is 0 Å². The van der Waals surface area contributed by atoms with Gasteiger partial charge in [0.1, 0.15) is 17.3 Å². The molecule has 5 heterocycles. The maximum atomic E-state index is 12.7. The van der Waals surface area contributed by atoms with E-state index in [-0.39, 0.29) is 23.7 Å². The Hall–Kier alpha value is -3.59. The van der Waals surface area contributed by atoms with Gasteiger partial charge in [-0.05, 0) is 37.5 Å². The largest absolute Gasteiger partial charge is 0.502 e. The highest BCUT2D eigenvalue weighted by atomic mass is 16.5. The number of aryl methyl sites for hydroxylation is 1. The minimum Gasteiger partial charge on any atom is -0.502 e. The number of hydrogen-bond acceptors (Lipinski definition) is 8. The number of pyridine rings is 1. The van der Waals surface area contributed by atoms with E-state index in [0.717, 1.165) is 25.2 Å². The van der Waals surface area contributed by atoms with E-state index in [1.54, 1.807) is 31.2 Å². The van der Waals surface area contributed by atoms with E-state index in [1.807, 2.05) is 10.6 Å². The molecule has 2 bridgehead atoms. The predicted octanol–water partition coefficient (Wildman–Crippen LogP) is 2.72. The maximum Gasteiger partial charge on any atom is 0.306 e. The average molecular weight is 481 g/mol. The second kappa shape index (κ2) is 9.22. The van der Waals surface area contributed by atoms with Gasteiger partial charge in [0.25, 0.3) is 5.56 Å². The van der Waals surface area contributed by atoms with Crippen LogP contribution in [0.15, 0.2) is 54.8 Å². The smallest absolute Gasteiger partial charge is 0.306 e. The zero-order chi connectivity index (χ0) is 24.7. The number of rotatable bonds is 6. The molecule has 0 saturated carbocycles. The first-order chi connectivity index (χ1) is 16.8. The first kappa shape index (κ1) is 23.2. The molecule has 1 fully saturated rings. The molecule has 0 amide bonds. The van der Waals surface area contributed by atoms with Gasteiger partial charge >= 0.3 is 5.97 Å². The molecule has 9 heteroatoms. The molecule has 0 radical (unpaired) electrons. The number of methoxy groups -OCH3 is 1. The van der Waals surface area contributed by atoms with E-state index in [9.17, 15) is 19.5 Å². The van der Waals surface area contributed by atoms with Gasteiger partial charge < -0.3 is 23.2 Å². The van der Waals surface area contributed by atoms with Gasteiger partial charge in [-0.2, -0.15) is 0 Å². The fourth-order valence-corrected chi connectivity index (χ4v) is 5.43. The third kappa shape index (κ3) is 4.55. The van der Waals surface area contributed by atoms with Crippen LogP contribution in [0.1, 0.15) is 53.4 Å². The second-order valence-corrected chi connectivity index (χ2v) is 9.46. The Bertz CT molecular complexity index is 1370. The molecule has 3 aromatic rings. The van der Waals surface area contributed by atoms with Crippen molar-refractivity contribution < 1.29 is 23.5 Å². The Morgan fingerprint density at radius 3 is 2.74 bits per heavy atom. The fourth-order valence-electron chi connectivity index (χ4n) is 5.43. The van der Waals surface area contributed by atoms with Crippen LogP contribution in [0.25, 0.3) is 0 Å². The Morgan fingerprint density at radius 1 is 1.17 bits per heavy atom. The summed E-state index contributed by atoms with van der Waals surface area (Å²) in [5.74, 6) is 0.0941. The average Bonchev–Trinajstić information content (AvgIpc) is 3.26. The van der Waals surface area contributed by atoms with Crippen LogP contribution in [0.3, 0.4) is 0 Å². The molecule has 9 nitrogen and oxygen atoms in total. The summed E-state index contributed by atoms with van der Waals surface area (Å²) in [6.07, 6.45) is 0.868. The molecular formula is C26H28N2O7. The zero-order valence-corrected chi connectivity index (χ0v) is 19.7. The Balaban J connectivity index is 1.44. The molecule has 0 spiro atoms. The normalized spacial score (nSPS) is 20.3. The molecule has 0 unspecified atom stereocenters. The van der Waals surface area contributed by atoms with Crippen LogP contribution in [0.4, 0.5) is 0 Å². The maximum absolute atomic E-state index is 12.7. The molecule has 184 valence electrons. The summed E-state index contributed by atoms with van der Waals surface area (Å²) < 4.78 is 18.5. The van der Waals surface area contributed by atoms with E-state index in [0.29, 0.717) is 36.3 Å². The number of likely N-dealkylation sites (tertiary alicyclic amines) is 1. The quantitative estimate of drug-likeness (QED) is 0.536. The lowest BCUT2D eigenvalue weighted by Gasteiger charge is -2.42. The van der Waals surface area contributed by atoms with Gasteiger partial charge in [-0.3, -0.25) is 19.3 Å². The highest BCUT2D eigenvalue weighted by Crippen LogP contribution is 2.37. The van der Waals surface area contributed by atoms with Crippen LogP contribution in [0.2, 0.25) is 0 Å². The zero-order valence-electron chi connectivity index (χ0n) is 19.7. The van der Waals surface area contributed by atoms with Crippen LogP contribution >= 0.6 is 0 Å². The van der Waals surface area contributed by atoms with Crippen molar-refractivity contribution >= 4 is 5.97 Å². The Kier molecular flexibility index (Phi) is 6.10. The highest BCUT2D eigenvalue weighted by Gasteiger charge is 2.35. The molecule has 0 aliphatic carbocycles. The summed E-state index contributed by atoms with van der Waals surface area (Å²) in [5.41, 5.74) is 0.496. The number of esters is 1. The molecule has 3 aromatic heterocycles. The van der Waals surface area contributed by atoms with Gasteiger partial charge in [0.05, 0.1) is 26.0 Å². The van der Waals surface area contributed by atoms with Gasteiger partial charge in [0, 0.05) is 43.4 Å². The lowest BCUT2D eigenvalue weighted by molar-refractivity contribution is -0.141. The second-order valence-electron chi connectivity index (χ2n) is 9.46. The summed E-state index contributed by atoms with van der Waals surface area (Å²) in [7, 11) is 1.28. The number of furan rings is 1. The van der Waals surface area contributed by atoms with Gasteiger partial charge in [0.15, 0.2) is 5.76 Å². The third-order valence-electron chi connectivity index (χ3n) is 6.95. The number of hydrogen-bond donors (Lipinski definition) is 1. The molecule has 2 aliphatic heterocycles. The standard InChI is InChI=1S/C26H28N2O7/c1-15-6-7-22(34-15)19(10-24(31)33-2)26-25(32)21(29)9-18(35-26)14-27-11-16-8-17(13-27)20-4-3-5-23(30)28(20)12-16/h3-7,9,16-17,19,32H,8,10-14H2,1-2H3/t16-,17+,19+/m0/s1. The predicted molar refractivity (Wildman–Crippen MR) is 125 cm³/mol. The van der Waals surface area contributed by atoms with Crippen LogP contribution in [0.5, 0.6) is 5.75 Å². The van der Waals surface area contributed by atoms with E-state index in [4.69, 9.17) is 13.6 Å². The lowest BCUT2D eigenvalue weighted by atomic mass is 9.83. The number of aromatic hydroxyl groups is 1. The lowest BCUT2D eigenvalue weighted by Crippen LogP contribution is -2.46. The van der Waals surface area contributed by atoms with Crippen molar-refractivity contribution in [3.05, 3.63) is 85.7 Å². The van der Waals surface area contributed by atoms with Crippen molar-refractivity contribution in [2.24, 2.45) is 5.92 Å². The number of ether oxygens (including phenoxy) is 1. The van der Waals surface area contributed by atoms with Crippen LogP contribution < -0.4 is 11.0 Å². The minimum absolute atomic E-state index is 0.0126. The number of carbonyl (C=O) groups excluding carboxylic acids is 1. The molecule has 35 heavy (non-hydrogen) atoms. The molecule has 1 saturated heterocycles. The summed E-state index contributed by atoms with van der Waals surface area (Å²) >= 11 is 0. The number of carbonyl (C=O) groups is 1. The van der Waals surface area contributed by atoms with E-state index >= 15 is 0 Å². The number of piperidine rings is 1. The summed E-state index contributed by atoms with van der Waals surface area (Å²) in [6.45, 7) is 4.30. The van der Waals surface area contributed by atoms with Crippen molar-refractivity contribution in [2.45, 2.75) is 44.7 Å². The summed E-state index contributed by atoms with van der Waals surface area (Å²) in [5, 5.41) is 10.6. The summed E-state index contributed by atoms with van der Waals surface area (Å²) in [4.78, 5) is 39.3. The minimum atomic E-state index is -0.803. The third-order valence-corrected chi connectivity index (χ3v) is 6.95. The van der Waals surface area contributed by atoms with Crippen molar-refractivity contribution in [3.8, 4) is 5.75 Å².